The Labute approximate surface area is 209 Å². The summed E-state index contributed by atoms with van der Waals surface area (Å²) in [5.41, 5.74) is 6.11. The number of halogens is 1. The molecule has 34 heavy (non-hydrogen) atoms. The number of anilines is 1. The van der Waals surface area contributed by atoms with E-state index >= 15 is 0 Å². The molecular weight excluding hydrogens is 488 g/mol. The Morgan fingerprint density at radius 1 is 1.12 bits per heavy atom. The maximum atomic E-state index is 13.8. The van der Waals surface area contributed by atoms with Gasteiger partial charge in [-0.2, -0.15) is 0 Å². The number of carbonyl (C=O) groups is 1. The molecule has 2 heterocycles. The second kappa shape index (κ2) is 10.1. The molecule has 0 aliphatic carbocycles. The Kier molecular flexibility index (Phi) is 6.73. The highest BCUT2D eigenvalue weighted by atomic mass is 79.9. The molecule has 174 valence electrons. The fourth-order valence-corrected chi connectivity index (χ4v) is 4.96. The van der Waals surface area contributed by atoms with Crippen molar-refractivity contribution in [3.05, 3.63) is 84.1 Å². The Morgan fingerprint density at radius 2 is 2.00 bits per heavy atom. The summed E-state index contributed by atoms with van der Waals surface area (Å²) in [5.74, 6) is 1.32. The molecule has 0 fully saturated rings. The quantitative estimate of drug-likeness (QED) is 0.217. The van der Waals surface area contributed by atoms with E-state index in [-0.39, 0.29) is 5.91 Å². The number of benzene rings is 3. The monoisotopic (exact) mass is 516 g/mol. The zero-order valence-electron chi connectivity index (χ0n) is 19.4. The van der Waals surface area contributed by atoms with Crippen LogP contribution in [0.2, 0.25) is 0 Å². The second-order valence-corrected chi connectivity index (χ2v) is 9.86. The molecule has 0 unspecified atom stereocenters. The van der Waals surface area contributed by atoms with Gasteiger partial charge in [0.1, 0.15) is 5.75 Å². The number of rotatable bonds is 6. The predicted molar refractivity (Wildman–Crippen MR) is 143 cm³/mol. The molecule has 4 nitrogen and oxygen atoms in total. The van der Waals surface area contributed by atoms with E-state index in [0.717, 1.165) is 64.6 Å². The van der Waals surface area contributed by atoms with Crippen LogP contribution in [0.25, 0.3) is 22.0 Å². The molecule has 1 aliphatic rings. The Hall–Kier alpha value is -3.05. The third kappa shape index (κ3) is 4.62. The van der Waals surface area contributed by atoms with Crippen molar-refractivity contribution in [3.8, 4) is 16.9 Å². The maximum Gasteiger partial charge on any atom is 0.258 e. The highest BCUT2D eigenvalue weighted by Gasteiger charge is 2.25. The predicted octanol–water partition coefficient (Wildman–Crippen LogP) is 7.23. The van der Waals surface area contributed by atoms with Crippen molar-refractivity contribution in [1.82, 2.24) is 4.98 Å². The average Bonchev–Trinajstić information content (AvgIpc) is 3.26. The zero-order chi connectivity index (χ0) is 23.5. The fraction of sp³-hybridized carbons (Fsp3) is 0.276. The standard InChI is InChI=1S/C29H29BrN2O2/c1-20-12-15-32(27-6-3-2-5-23(27)17-20)29(33)24-7-9-25(28(19-24)34-16-4-13-30)21-8-10-26-22(18-21)11-14-31-26/h2-3,5-11,14,18-20,31H,4,12-13,15-17H2,1H3/t20-/m0/s1. The van der Waals surface area contributed by atoms with Gasteiger partial charge in [0, 0.05) is 40.4 Å². The highest BCUT2D eigenvalue weighted by molar-refractivity contribution is 9.09. The van der Waals surface area contributed by atoms with E-state index in [4.69, 9.17) is 4.74 Å². The van der Waals surface area contributed by atoms with Gasteiger partial charge >= 0.3 is 0 Å². The third-order valence-electron chi connectivity index (χ3n) is 6.57. The van der Waals surface area contributed by atoms with Gasteiger partial charge in [0.2, 0.25) is 0 Å². The average molecular weight is 517 g/mol. The summed E-state index contributed by atoms with van der Waals surface area (Å²) in [4.78, 5) is 18.9. The number of H-pyrrole nitrogens is 1. The first-order chi connectivity index (χ1) is 16.6. The van der Waals surface area contributed by atoms with E-state index in [2.05, 4.69) is 70.3 Å². The zero-order valence-corrected chi connectivity index (χ0v) is 21.0. The lowest BCUT2D eigenvalue weighted by Crippen LogP contribution is -2.32. The van der Waals surface area contributed by atoms with Gasteiger partial charge in [0.25, 0.3) is 5.91 Å². The van der Waals surface area contributed by atoms with Crippen molar-refractivity contribution in [3.63, 3.8) is 0 Å². The van der Waals surface area contributed by atoms with Crippen molar-refractivity contribution in [2.24, 2.45) is 5.92 Å². The van der Waals surface area contributed by atoms with E-state index in [9.17, 15) is 4.79 Å². The van der Waals surface area contributed by atoms with E-state index in [0.29, 0.717) is 18.1 Å². The summed E-state index contributed by atoms with van der Waals surface area (Å²) in [5, 5.41) is 2.03. The molecule has 4 aromatic rings. The van der Waals surface area contributed by atoms with Gasteiger partial charge < -0.3 is 14.6 Å². The number of fused-ring (bicyclic) bond motifs is 2. The minimum atomic E-state index is 0.0273. The van der Waals surface area contributed by atoms with Crippen molar-refractivity contribution < 1.29 is 9.53 Å². The molecule has 5 heteroatoms. The van der Waals surface area contributed by atoms with Crippen LogP contribution in [0, 0.1) is 5.92 Å². The summed E-state index contributed by atoms with van der Waals surface area (Å²) in [6, 6.07) is 22.6. The van der Waals surface area contributed by atoms with Crippen LogP contribution in [0.4, 0.5) is 5.69 Å². The number of ether oxygens (including phenoxy) is 1. The van der Waals surface area contributed by atoms with Gasteiger partial charge in [-0.05, 0) is 84.2 Å². The number of hydrogen-bond acceptors (Lipinski definition) is 2. The molecule has 1 N–H and O–H groups in total. The SMILES string of the molecule is C[C@H]1CCN(C(=O)c2ccc(-c3ccc4[nH]ccc4c3)c(OCCCBr)c2)c2ccccc2C1. The number of alkyl halides is 1. The summed E-state index contributed by atoms with van der Waals surface area (Å²) >= 11 is 3.48. The number of para-hydroxylation sites is 1. The van der Waals surface area contributed by atoms with Crippen molar-refractivity contribution in [2.75, 3.05) is 23.4 Å². The van der Waals surface area contributed by atoms with Crippen molar-refractivity contribution in [1.29, 1.82) is 0 Å². The molecular formula is C29H29BrN2O2. The van der Waals surface area contributed by atoms with Crippen LogP contribution in [-0.4, -0.2) is 29.4 Å². The van der Waals surface area contributed by atoms with Gasteiger partial charge in [0.15, 0.2) is 0 Å². The van der Waals surface area contributed by atoms with Crippen LogP contribution in [0.1, 0.15) is 35.7 Å². The minimum Gasteiger partial charge on any atom is -0.493 e. The lowest BCUT2D eigenvalue weighted by Gasteiger charge is -2.23. The number of nitrogens with zero attached hydrogens (tertiary/aromatic N) is 1. The molecule has 1 aliphatic heterocycles. The normalized spacial score (nSPS) is 15.7. The van der Waals surface area contributed by atoms with Crippen LogP contribution in [0.15, 0.2) is 72.9 Å². The lowest BCUT2D eigenvalue weighted by atomic mass is 9.99. The summed E-state index contributed by atoms with van der Waals surface area (Å²) in [7, 11) is 0. The first-order valence-electron chi connectivity index (χ1n) is 11.9. The fourth-order valence-electron chi connectivity index (χ4n) is 4.73. The number of nitrogens with one attached hydrogen (secondary N) is 1. The van der Waals surface area contributed by atoms with Crippen LogP contribution < -0.4 is 9.64 Å². The number of carbonyl (C=O) groups excluding carboxylic acids is 1. The van der Waals surface area contributed by atoms with Crippen molar-refractivity contribution in [2.45, 2.75) is 26.2 Å². The molecule has 1 amide bonds. The van der Waals surface area contributed by atoms with Crippen LogP contribution in [-0.2, 0) is 6.42 Å². The second-order valence-electron chi connectivity index (χ2n) is 9.07. The van der Waals surface area contributed by atoms with Gasteiger partial charge in [-0.25, -0.2) is 0 Å². The summed E-state index contributed by atoms with van der Waals surface area (Å²) < 4.78 is 6.21. The summed E-state index contributed by atoms with van der Waals surface area (Å²) in [6.07, 6.45) is 4.83. The maximum absolute atomic E-state index is 13.8. The van der Waals surface area contributed by atoms with E-state index in [1.165, 1.54) is 5.56 Å². The van der Waals surface area contributed by atoms with Gasteiger partial charge in [-0.3, -0.25) is 4.79 Å². The highest BCUT2D eigenvalue weighted by Crippen LogP contribution is 2.35. The largest absolute Gasteiger partial charge is 0.493 e. The van der Waals surface area contributed by atoms with E-state index in [1.807, 2.05) is 35.4 Å². The topological polar surface area (TPSA) is 45.3 Å². The van der Waals surface area contributed by atoms with Gasteiger partial charge in [-0.15, -0.1) is 0 Å². The van der Waals surface area contributed by atoms with E-state index < -0.39 is 0 Å². The number of aromatic amines is 1. The van der Waals surface area contributed by atoms with Gasteiger partial charge in [0.05, 0.1) is 6.61 Å². The van der Waals surface area contributed by atoms with Crippen molar-refractivity contribution >= 4 is 38.4 Å². The Morgan fingerprint density at radius 3 is 2.88 bits per heavy atom. The molecule has 0 saturated carbocycles. The molecule has 0 radical (unpaired) electrons. The molecule has 5 rings (SSSR count). The lowest BCUT2D eigenvalue weighted by molar-refractivity contribution is 0.0986. The van der Waals surface area contributed by atoms with Gasteiger partial charge in [-0.1, -0.05) is 47.1 Å². The summed E-state index contributed by atoms with van der Waals surface area (Å²) in [6.45, 7) is 3.58. The molecule has 1 atom stereocenters. The molecule has 1 aromatic heterocycles. The number of hydrogen-bond donors (Lipinski definition) is 1. The molecule has 0 bridgehead atoms. The first-order valence-corrected chi connectivity index (χ1v) is 13.1. The third-order valence-corrected chi connectivity index (χ3v) is 7.13. The number of aromatic nitrogens is 1. The smallest absolute Gasteiger partial charge is 0.258 e. The van der Waals surface area contributed by atoms with Crippen LogP contribution in [0.5, 0.6) is 5.75 Å². The number of amides is 1. The Balaban J connectivity index is 1.52. The first kappa shape index (κ1) is 22.7. The Bertz CT molecular complexity index is 1310. The van der Waals surface area contributed by atoms with E-state index in [1.54, 1.807) is 0 Å². The molecule has 0 spiro atoms. The minimum absolute atomic E-state index is 0.0273. The van der Waals surface area contributed by atoms with Crippen LogP contribution >= 0.6 is 15.9 Å². The van der Waals surface area contributed by atoms with Crippen LogP contribution in [0.3, 0.4) is 0 Å². The molecule has 3 aromatic carbocycles. The molecule has 0 saturated heterocycles.